The number of aromatic nitrogens is 1. The van der Waals surface area contributed by atoms with Crippen LogP contribution in [0.5, 0.6) is 5.75 Å². The van der Waals surface area contributed by atoms with Crippen LogP contribution in [0.2, 0.25) is 5.02 Å². The number of allylic oxidation sites excluding steroid dienone is 2. The van der Waals surface area contributed by atoms with Crippen molar-refractivity contribution in [3.05, 3.63) is 93.0 Å². The third-order valence-electron chi connectivity index (χ3n) is 5.87. The Kier molecular flexibility index (Phi) is 7.49. The average molecular weight is 542 g/mol. The van der Waals surface area contributed by atoms with Gasteiger partial charge in [-0.15, -0.1) is 0 Å². The van der Waals surface area contributed by atoms with E-state index < -0.39 is 53.0 Å². The molecule has 1 aliphatic rings. The van der Waals surface area contributed by atoms with Gasteiger partial charge >= 0.3 is 12.1 Å². The first-order valence-electron chi connectivity index (χ1n) is 10.9. The van der Waals surface area contributed by atoms with Gasteiger partial charge in [-0.25, -0.2) is 18.0 Å². The highest BCUT2D eigenvalue weighted by Gasteiger charge is 2.38. The second-order valence-corrected chi connectivity index (χ2v) is 8.63. The highest BCUT2D eigenvalue weighted by atomic mass is 35.5. The minimum atomic E-state index is -4.87. The molecule has 0 fully saturated rings. The standard InChI is InChI=1S/C26H18ClF6NO3/c1-36-25(35)19-7-13(11-34-24(19)26(31,32)33)16-3-2-4-17(16)18-8-14(27)5-6-23(18)37-12-20-21(29)9-15(28)10-22(20)30/h5-11H,2-4,12H2,1H3. The molecular weight excluding hydrogens is 524 g/mol. The summed E-state index contributed by atoms with van der Waals surface area (Å²) in [5.41, 5.74) is -0.551. The number of rotatable bonds is 6. The van der Waals surface area contributed by atoms with Gasteiger partial charge in [0.15, 0.2) is 5.69 Å². The zero-order chi connectivity index (χ0) is 26.9. The molecule has 0 saturated heterocycles. The van der Waals surface area contributed by atoms with Gasteiger partial charge in [-0.1, -0.05) is 11.6 Å². The molecule has 0 atom stereocenters. The van der Waals surface area contributed by atoms with Crippen LogP contribution in [-0.4, -0.2) is 18.1 Å². The minimum absolute atomic E-state index is 0.204. The summed E-state index contributed by atoms with van der Waals surface area (Å²) in [5.74, 6) is -4.27. The van der Waals surface area contributed by atoms with E-state index in [1.165, 1.54) is 12.1 Å². The van der Waals surface area contributed by atoms with Crippen LogP contribution in [0, 0.1) is 17.5 Å². The van der Waals surface area contributed by atoms with Gasteiger partial charge in [-0.3, -0.25) is 4.98 Å². The van der Waals surface area contributed by atoms with E-state index in [2.05, 4.69) is 9.72 Å². The van der Waals surface area contributed by atoms with Crippen LogP contribution in [-0.2, 0) is 17.5 Å². The number of carbonyl (C=O) groups is 1. The summed E-state index contributed by atoms with van der Waals surface area (Å²) >= 11 is 6.19. The summed E-state index contributed by atoms with van der Waals surface area (Å²) < 4.78 is 91.9. The van der Waals surface area contributed by atoms with Gasteiger partial charge in [-0.2, -0.15) is 13.2 Å². The lowest BCUT2D eigenvalue weighted by atomic mass is 9.96. The van der Waals surface area contributed by atoms with E-state index >= 15 is 0 Å². The second-order valence-electron chi connectivity index (χ2n) is 8.20. The molecule has 4 rings (SSSR count). The van der Waals surface area contributed by atoms with Crippen molar-refractivity contribution < 1.29 is 40.6 Å². The van der Waals surface area contributed by atoms with Crippen molar-refractivity contribution in [2.75, 3.05) is 7.11 Å². The van der Waals surface area contributed by atoms with Crippen LogP contribution < -0.4 is 4.74 Å². The van der Waals surface area contributed by atoms with Crippen LogP contribution in [0.4, 0.5) is 26.3 Å². The first kappa shape index (κ1) is 26.5. The van der Waals surface area contributed by atoms with Crippen LogP contribution >= 0.6 is 11.6 Å². The SMILES string of the molecule is COC(=O)c1cc(C2=C(c3cc(Cl)ccc3OCc3c(F)cc(F)cc3F)CCC2)cnc1C(F)(F)F. The van der Waals surface area contributed by atoms with Gasteiger partial charge in [0.1, 0.15) is 29.8 Å². The quantitative estimate of drug-likeness (QED) is 0.238. The van der Waals surface area contributed by atoms with Crippen molar-refractivity contribution in [2.45, 2.75) is 32.0 Å². The molecule has 0 saturated carbocycles. The van der Waals surface area contributed by atoms with Crippen LogP contribution in [0.15, 0.2) is 42.6 Å². The summed E-state index contributed by atoms with van der Waals surface area (Å²) in [6.07, 6.45) is -2.26. The zero-order valence-electron chi connectivity index (χ0n) is 19.2. The lowest BCUT2D eigenvalue weighted by Crippen LogP contribution is -2.17. The Morgan fingerprint density at radius 2 is 1.70 bits per heavy atom. The molecule has 1 aliphatic carbocycles. The molecule has 1 aromatic heterocycles. The molecule has 0 amide bonds. The third kappa shape index (κ3) is 5.58. The maximum atomic E-state index is 14.1. The Hall–Kier alpha value is -3.53. The fourth-order valence-corrected chi connectivity index (χ4v) is 4.38. The highest BCUT2D eigenvalue weighted by molar-refractivity contribution is 6.30. The number of pyridine rings is 1. The molecule has 0 unspecified atom stereocenters. The number of esters is 1. The third-order valence-corrected chi connectivity index (χ3v) is 6.11. The maximum Gasteiger partial charge on any atom is 0.434 e. The highest BCUT2D eigenvalue weighted by Crippen LogP contribution is 2.44. The Morgan fingerprint density at radius 1 is 1.03 bits per heavy atom. The minimum Gasteiger partial charge on any atom is -0.488 e. The first-order chi connectivity index (χ1) is 17.5. The molecule has 3 aromatic rings. The predicted octanol–water partition coefficient (Wildman–Crippen LogP) is 7.63. The lowest BCUT2D eigenvalue weighted by Gasteiger charge is -2.16. The smallest absolute Gasteiger partial charge is 0.434 e. The summed E-state index contributed by atoms with van der Waals surface area (Å²) in [6.45, 7) is -0.552. The number of alkyl halides is 3. The number of benzene rings is 2. The van der Waals surface area contributed by atoms with E-state index in [9.17, 15) is 31.1 Å². The van der Waals surface area contributed by atoms with E-state index in [1.807, 2.05) is 0 Å². The van der Waals surface area contributed by atoms with Gasteiger partial charge in [0, 0.05) is 28.9 Å². The van der Waals surface area contributed by atoms with Gasteiger partial charge in [0.2, 0.25) is 0 Å². The van der Waals surface area contributed by atoms with E-state index in [0.717, 1.165) is 19.4 Å². The Balaban J connectivity index is 1.77. The van der Waals surface area contributed by atoms with Gasteiger partial charge in [0.05, 0.1) is 18.2 Å². The average Bonchev–Trinajstić information content (AvgIpc) is 3.32. The molecule has 2 aromatic carbocycles. The lowest BCUT2D eigenvalue weighted by molar-refractivity contribution is -0.141. The van der Waals surface area contributed by atoms with Crippen molar-refractivity contribution in [1.82, 2.24) is 4.98 Å². The number of nitrogens with zero attached hydrogens (tertiary/aromatic N) is 1. The van der Waals surface area contributed by atoms with Crippen molar-refractivity contribution in [1.29, 1.82) is 0 Å². The zero-order valence-corrected chi connectivity index (χ0v) is 19.9. The summed E-state index contributed by atoms with van der Waals surface area (Å²) in [6, 6.07) is 6.72. The van der Waals surface area contributed by atoms with Gasteiger partial charge in [-0.05, 0) is 60.2 Å². The van der Waals surface area contributed by atoms with E-state index in [4.69, 9.17) is 16.3 Å². The van der Waals surface area contributed by atoms with E-state index in [0.29, 0.717) is 53.1 Å². The van der Waals surface area contributed by atoms with Gasteiger partial charge < -0.3 is 9.47 Å². The number of methoxy groups -OCH3 is 1. The second kappa shape index (κ2) is 10.5. The Morgan fingerprint density at radius 3 is 2.35 bits per heavy atom. The molecule has 0 bridgehead atoms. The predicted molar refractivity (Wildman–Crippen MR) is 123 cm³/mol. The normalized spacial score (nSPS) is 13.7. The largest absolute Gasteiger partial charge is 0.488 e. The van der Waals surface area contributed by atoms with Crippen molar-refractivity contribution in [3.8, 4) is 5.75 Å². The number of hydrogen-bond donors (Lipinski definition) is 0. The molecule has 0 aliphatic heterocycles. The monoisotopic (exact) mass is 541 g/mol. The number of hydrogen-bond acceptors (Lipinski definition) is 4. The van der Waals surface area contributed by atoms with E-state index in [1.54, 1.807) is 6.07 Å². The molecule has 0 N–H and O–H groups in total. The molecule has 11 heteroatoms. The van der Waals surface area contributed by atoms with Crippen molar-refractivity contribution in [3.63, 3.8) is 0 Å². The molecule has 194 valence electrons. The molecule has 0 radical (unpaired) electrons. The fourth-order valence-electron chi connectivity index (χ4n) is 4.20. The number of carbonyl (C=O) groups excluding carboxylic acids is 1. The number of halogens is 7. The molecule has 0 spiro atoms. The molecular formula is C26H18ClF6NO3. The van der Waals surface area contributed by atoms with E-state index in [-0.39, 0.29) is 11.3 Å². The van der Waals surface area contributed by atoms with Crippen molar-refractivity contribution in [2.24, 2.45) is 0 Å². The Labute approximate surface area is 212 Å². The summed E-state index contributed by atoms with van der Waals surface area (Å²) in [4.78, 5) is 15.6. The van der Waals surface area contributed by atoms with Crippen LogP contribution in [0.25, 0.3) is 11.1 Å². The molecule has 1 heterocycles. The maximum absolute atomic E-state index is 14.1. The first-order valence-corrected chi connectivity index (χ1v) is 11.3. The van der Waals surface area contributed by atoms with Crippen molar-refractivity contribution >= 4 is 28.7 Å². The topological polar surface area (TPSA) is 48.4 Å². The van der Waals surface area contributed by atoms with Crippen LogP contribution in [0.3, 0.4) is 0 Å². The number of ether oxygens (including phenoxy) is 2. The Bertz CT molecular complexity index is 1380. The molecule has 37 heavy (non-hydrogen) atoms. The molecule has 4 nitrogen and oxygen atoms in total. The summed E-state index contributed by atoms with van der Waals surface area (Å²) in [5, 5.41) is 0.320. The van der Waals surface area contributed by atoms with Crippen LogP contribution in [0.1, 0.15) is 52.0 Å². The fraction of sp³-hybridized carbons (Fsp3) is 0.231. The van der Waals surface area contributed by atoms with Gasteiger partial charge in [0.25, 0.3) is 0 Å². The summed E-state index contributed by atoms with van der Waals surface area (Å²) in [7, 11) is 0.970.